The van der Waals surface area contributed by atoms with Gasteiger partial charge in [-0.05, 0) is 62.6 Å². The number of aromatic nitrogens is 1. The number of carbonyl (C=O) groups excluding carboxylic acids is 2. The highest BCUT2D eigenvalue weighted by Gasteiger charge is 2.28. The Bertz CT molecular complexity index is 1150. The van der Waals surface area contributed by atoms with Crippen molar-refractivity contribution in [3.8, 4) is 10.4 Å². The first kappa shape index (κ1) is 25.0. The third kappa shape index (κ3) is 7.21. The van der Waals surface area contributed by atoms with E-state index in [1.54, 1.807) is 42.7 Å². The standard InChI is InChI=1S/C25H26FN3O4S/c1-25(2,14-16-5-7-18(26)8-6-16)29-23(32)19(9-12-22(30)31)28-24(33)21-11-10-20(34-21)17-4-3-13-27-15-17/h3-8,10-11,13,15,19H,9,12,14H2,1-2H3,(H,28,33)(H,29,32)(H,30,31)/t19-/m0/s1. The molecule has 2 aromatic heterocycles. The molecule has 0 aliphatic rings. The van der Waals surface area contributed by atoms with E-state index in [1.807, 2.05) is 19.9 Å². The van der Waals surface area contributed by atoms with Crippen LogP contribution >= 0.6 is 11.3 Å². The summed E-state index contributed by atoms with van der Waals surface area (Å²) in [7, 11) is 0. The highest BCUT2D eigenvalue weighted by atomic mass is 32.1. The fraction of sp³-hybridized carbons (Fsp3) is 0.280. The number of carboxylic acid groups (broad SMARTS) is 1. The zero-order valence-corrected chi connectivity index (χ0v) is 19.7. The van der Waals surface area contributed by atoms with E-state index in [-0.39, 0.29) is 18.7 Å². The summed E-state index contributed by atoms with van der Waals surface area (Å²) in [5.41, 5.74) is 0.992. The average Bonchev–Trinajstić information content (AvgIpc) is 3.28. The summed E-state index contributed by atoms with van der Waals surface area (Å²) in [5.74, 6) is -2.34. The Balaban J connectivity index is 1.69. The number of halogens is 1. The summed E-state index contributed by atoms with van der Waals surface area (Å²) < 4.78 is 13.2. The first-order valence-corrected chi connectivity index (χ1v) is 11.5. The van der Waals surface area contributed by atoms with Gasteiger partial charge >= 0.3 is 5.97 Å². The average molecular weight is 484 g/mol. The molecule has 2 heterocycles. The number of amides is 2. The van der Waals surface area contributed by atoms with Gasteiger partial charge in [0, 0.05) is 34.8 Å². The molecule has 0 unspecified atom stereocenters. The van der Waals surface area contributed by atoms with Gasteiger partial charge in [0.15, 0.2) is 0 Å². The number of benzene rings is 1. The lowest BCUT2D eigenvalue weighted by molar-refractivity contribution is -0.137. The number of pyridine rings is 1. The molecule has 1 aromatic carbocycles. The maximum absolute atomic E-state index is 13.2. The second-order valence-electron chi connectivity index (χ2n) is 8.54. The van der Waals surface area contributed by atoms with Crippen molar-refractivity contribution in [3.05, 3.63) is 77.2 Å². The second kappa shape index (κ2) is 11.0. The zero-order valence-electron chi connectivity index (χ0n) is 18.9. The molecule has 34 heavy (non-hydrogen) atoms. The van der Waals surface area contributed by atoms with Gasteiger partial charge in [0.1, 0.15) is 11.9 Å². The molecule has 0 saturated heterocycles. The minimum atomic E-state index is -1.06. The summed E-state index contributed by atoms with van der Waals surface area (Å²) in [5, 5.41) is 14.7. The molecule has 3 rings (SSSR count). The number of hydrogen-bond donors (Lipinski definition) is 3. The van der Waals surface area contributed by atoms with Crippen LogP contribution in [-0.2, 0) is 16.0 Å². The summed E-state index contributed by atoms with van der Waals surface area (Å²) >= 11 is 1.26. The topological polar surface area (TPSA) is 108 Å². The molecule has 3 aromatic rings. The van der Waals surface area contributed by atoms with Crippen molar-refractivity contribution in [2.75, 3.05) is 0 Å². The number of thiophene rings is 1. The molecule has 0 radical (unpaired) electrons. The third-order valence-corrected chi connectivity index (χ3v) is 6.20. The lowest BCUT2D eigenvalue weighted by Gasteiger charge is -2.29. The Morgan fingerprint density at radius 1 is 1.12 bits per heavy atom. The number of carbonyl (C=O) groups is 3. The Morgan fingerprint density at radius 3 is 2.50 bits per heavy atom. The van der Waals surface area contributed by atoms with Crippen molar-refractivity contribution in [1.29, 1.82) is 0 Å². The summed E-state index contributed by atoms with van der Waals surface area (Å²) in [6, 6.07) is 12.1. The van der Waals surface area contributed by atoms with Crippen molar-refractivity contribution in [2.24, 2.45) is 0 Å². The van der Waals surface area contributed by atoms with Gasteiger partial charge in [0.05, 0.1) is 4.88 Å². The smallest absolute Gasteiger partial charge is 0.303 e. The van der Waals surface area contributed by atoms with E-state index in [0.717, 1.165) is 16.0 Å². The van der Waals surface area contributed by atoms with Crippen LogP contribution in [0.25, 0.3) is 10.4 Å². The lowest BCUT2D eigenvalue weighted by atomic mass is 9.94. The van der Waals surface area contributed by atoms with Crippen LogP contribution in [0.3, 0.4) is 0 Å². The van der Waals surface area contributed by atoms with Crippen molar-refractivity contribution in [1.82, 2.24) is 15.6 Å². The molecule has 0 aliphatic carbocycles. The zero-order chi connectivity index (χ0) is 24.7. The van der Waals surface area contributed by atoms with Crippen LogP contribution in [0.1, 0.15) is 41.9 Å². The van der Waals surface area contributed by atoms with Gasteiger partial charge in [-0.15, -0.1) is 11.3 Å². The van der Waals surface area contributed by atoms with Gasteiger partial charge in [-0.25, -0.2) is 4.39 Å². The van der Waals surface area contributed by atoms with Crippen LogP contribution < -0.4 is 10.6 Å². The monoisotopic (exact) mass is 483 g/mol. The Hall–Kier alpha value is -3.59. The van der Waals surface area contributed by atoms with Crippen LogP contribution in [-0.4, -0.2) is 39.5 Å². The van der Waals surface area contributed by atoms with E-state index in [0.29, 0.717) is 11.3 Å². The molecule has 178 valence electrons. The SMILES string of the molecule is CC(C)(Cc1ccc(F)cc1)NC(=O)[C@H](CCC(=O)O)NC(=O)c1ccc(-c2cccnc2)s1. The summed E-state index contributed by atoms with van der Waals surface area (Å²) in [6.07, 6.45) is 3.45. The number of aliphatic carboxylic acids is 1. The van der Waals surface area contributed by atoms with Gasteiger partial charge in [-0.1, -0.05) is 18.2 Å². The van der Waals surface area contributed by atoms with E-state index < -0.39 is 29.4 Å². The molecule has 0 fully saturated rings. The van der Waals surface area contributed by atoms with Crippen molar-refractivity contribution in [3.63, 3.8) is 0 Å². The molecule has 0 bridgehead atoms. The number of carboxylic acids is 1. The molecule has 7 nitrogen and oxygen atoms in total. The van der Waals surface area contributed by atoms with Crippen molar-refractivity contribution >= 4 is 29.1 Å². The highest BCUT2D eigenvalue weighted by molar-refractivity contribution is 7.17. The predicted octanol–water partition coefficient (Wildman–Crippen LogP) is 4.05. The Labute approximate surface area is 201 Å². The van der Waals surface area contributed by atoms with E-state index in [2.05, 4.69) is 15.6 Å². The van der Waals surface area contributed by atoms with Gasteiger partial charge in [0.2, 0.25) is 5.91 Å². The molecule has 0 saturated carbocycles. The van der Waals surface area contributed by atoms with Crippen LogP contribution in [0.4, 0.5) is 4.39 Å². The van der Waals surface area contributed by atoms with E-state index in [9.17, 15) is 18.8 Å². The van der Waals surface area contributed by atoms with E-state index in [4.69, 9.17) is 5.11 Å². The van der Waals surface area contributed by atoms with Gasteiger partial charge < -0.3 is 15.7 Å². The predicted molar refractivity (Wildman–Crippen MR) is 128 cm³/mol. The number of hydrogen-bond acceptors (Lipinski definition) is 5. The quantitative estimate of drug-likeness (QED) is 0.403. The van der Waals surface area contributed by atoms with Crippen LogP contribution in [0.5, 0.6) is 0 Å². The number of nitrogens with zero attached hydrogens (tertiary/aromatic N) is 1. The van der Waals surface area contributed by atoms with E-state index >= 15 is 0 Å². The Morgan fingerprint density at radius 2 is 1.85 bits per heavy atom. The second-order valence-corrected chi connectivity index (χ2v) is 9.62. The molecule has 9 heteroatoms. The minimum absolute atomic E-state index is 0.0552. The van der Waals surface area contributed by atoms with Gasteiger partial charge in [-0.3, -0.25) is 19.4 Å². The van der Waals surface area contributed by atoms with Gasteiger partial charge in [0.25, 0.3) is 5.91 Å². The summed E-state index contributed by atoms with van der Waals surface area (Å²) in [4.78, 5) is 42.3. The molecule has 3 N–H and O–H groups in total. The van der Waals surface area contributed by atoms with Crippen molar-refractivity contribution in [2.45, 2.75) is 44.7 Å². The molecular weight excluding hydrogens is 457 g/mol. The maximum atomic E-state index is 13.2. The molecule has 2 amide bonds. The van der Waals surface area contributed by atoms with E-state index in [1.165, 1.54) is 23.5 Å². The molecular formula is C25H26FN3O4S. The van der Waals surface area contributed by atoms with Crippen molar-refractivity contribution < 1.29 is 23.9 Å². The largest absolute Gasteiger partial charge is 0.481 e. The van der Waals surface area contributed by atoms with Crippen LogP contribution in [0, 0.1) is 5.82 Å². The lowest BCUT2D eigenvalue weighted by Crippen LogP contribution is -2.54. The number of rotatable bonds is 10. The Kier molecular flexibility index (Phi) is 8.12. The van der Waals surface area contributed by atoms with Crippen LogP contribution in [0.2, 0.25) is 0 Å². The normalized spacial score (nSPS) is 12.1. The highest BCUT2D eigenvalue weighted by Crippen LogP contribution is 2.27. The minimum Gasteiger partial charge on any atom is -0.481 e. The fourth-order valence-electron chi connectivity index (χ4n) is 3.47. The number of nitrogens with one attached hydrogen (secondary N) is 2. The molecule has 0 spiro atoms. The fourth-order valence-corrected chi connectivity index (χ4v) is 4.37. The maximum Gasteiger partial charge on any atom is 0.303 e. The third-order valence-electron chi connectivity index (χ3n) is 5.07. The van der Waals surface area contributed by atoms with Crippen LogP contribution in [0.15, 0.2) is 60.9 Å². The first-order valence-electron chi connectivity index (χ1n) is 10.7. The summed E-state index contributed by atoms with van der Waals surface area (Å²) in [6.45, 7) is 3.62. The molecule has 0 aliphatic heterocycles. The van der Waals surface area contributed by atoms with Gasteiger partial charge in [-0.2, -0.15) is 0 Å². The molecule has 1 atom stereocenters. The first-order chi connectivity index (χ1) is 16.1.